The Morgan fingerprint density at radius 3 is 2.29 bits per heavy atom. The predicted molar refractivity (Wildman–Crippen MR) is 116 cm³/mol. The van der Waals surface area contributed by atoms with Crippen molar-refractivity contribution < 1.29 is 23.2 Å². The van der Waals surface area contributed by atoms with Gasteiger partial charge in [0.25, 0.3) is 16.8 Å². The number of hydrogen-bond acceptors (Lipinski definition) is 9. The number of piperazine rings is 1. The molecule has 3 N–H and O–H groups in total. The first-order valence-corrected chi connectivity index (χ1v) is 10.2. The maximum Gasteiger partial charge on any atom is 0.416 e. The first kappa shape index (κ1) is 23.2. The molecule has 0 radical (unpaired) electrons. The second kappa shape index (κ2) is 9.09. The fourth-order valence-corrected chi connectivity index (χ4v) is 3.69. The van der Waals surface area contributed by atoms with E-state index in [0.717, 1.165) is 12.1 Å². The molecule has 10 nitrogen and oxygen atoms in total. The molecular weight excluding hydrogens is 457 g/mol. The highest BCUT2D eigenvalue weighted by Gasteiger charge is 2.31. The topological polar surface area (TPSA) is 128 Å². The lowest BCUT2D eigenvalue weighted by atomic mass is 10.1. The minimum Gasteiger partial charge on any atom is -0.376 e. The number of benzene rings is 1. The molecule has 1 amide bonds. The van der Waals surface area contributed by atoms with Crippen LogP contribution in [0.3, 0.4) is 0 Å². The second-order valence-electron chi connectivity index (χ2n) is 7.62. The second-order valence-corrected chi connectivity index (χ2v) is 7.62. The maximum absolute atomic E-state index is 12.9. The van der Waals surface area contributed by atoms with Crippen molar-refractivity contribution in [2.75, 3.05) is 41.3 Å². The van der Waals surface area contributed by atoms with Gasteiger partial charge in [-0.25, -0.2) is 15.4 Å². The molecule has 13 heteroatoms. The summed E-state index contributed by atoms with van der Waals surface area (Å²) in [4.78, 5) is 47.5. The molecule has 1 aliphatic rings. The summed E-state index contributed by atoms with van der Waals surface area (Å²) in [7, 11) is 0. The van der Waals surface area contributed by atoms with Crippen molar-refractivity contribution in [1.29, 1.82) is 0 Å². The summed E-state index contributed by atoms with van der Waals surface area (Å²) in [6, 6.07) is 4.74. The zero-order valence-electron chi connectivity index (χ0n) is 17.6. The number of hydroxylamine groups is 1. The fraction of sp³-hybridized carbons (Fsp3) is 0.286. The molecule has 0 atom stereocenters. The Balaban J connectivity index is 1.40. The third-order valence-corrected chi connectivity index (χ3v) is 5.49. The van der Waals surface area contributed by atoms with E-state index in [4.69, 9.17) is 5.21 Å². The number of amides is 1. The lowest BCUT2D eigenvalue weighted by molar-refractivity contribution is -0.137. The van der Waals surface area contributed by atoms with Crippen LogP contribution >= 0.6 is 0 Å². The van der Waals surface area contributed by atoms with Crippen molar-refractivity contribution in [3.05, 3.63) is 73.8 Å². The number of alkyl halides is 3. The molecule has 2 heterocycles. The molecule has 1 aromatic heterocycles. The lowest BCUT2D eigenvalue weighted by Gasteiger charge is -2.37. The average molecular weight is 476 g/mol. The van der Waals surface area contributed by atoms with Gasteiger partial charge < -0.3 is 15.1 Å². The van der Waals surface area contributed by atoms with Crippen molar-refractivity contribution in [1.82, 2.24) is 15.4 Å². The summed E-state index contributed by atoms with van der Waals surface area (Å²) in [5.74, 6) is -0.372. The predicted octanol–water partition coefficient (Wildman–Crippen LogP) is 1.15. The van der Waals surface area contributed by atoms with E-state index in [1.54, 1.807) is 4.90 Å². The molecule has 34 heavy (non-hydrogen) atoms. The van der Waals surface area contributed by atoms with Crippen molar-refractivity contribution in [2.45, 2.75) is 12.7 Å². The molecule has 1 aliphatic heterocycles. The number of aromatic nitrogens is 2. The van der Waals surface area contributed by atoms with Crippen molar-refractivity contribution >= 4 is 23.2 Å². The number of carbonyl (C=O) groups is 1. The van der Waals surface area contributed by atoms with Gasteiger partial charge in [0.05, 0.1) is 11.1 Å². The van der Waals surface area contributed by atoms with Gasteiger partial charge in [0, 0.05) is 45.1 Å². The van der Waals surface area contributed by atoms with Gasteiger partial charge in [-0.3, -0.25) is 19.6 Å². The number of carbonyl (C=O) groups excluding carboxylic acids is 1. The van der Waals surface area contributed by atoms with Crippen molar-refractivity contribution in [3.8, 4) is 0 Å². The zero-order chi connectivity index (χ0) is 24.5. The van der Waals surface area contributed by atoms with Crippen LogP contribution in [0.5, 0.6) is 0 Å². The Morgan fingerprint density at radius 2 is 1.68 bits per heavy atom. The Morgan fingerprint density at radius 1 is 1.03 bits per heavy atom. The van der Waals surface area contributed by atoms with Crippen LogP contribution in [0.25, 0.3) is 0 Å². The van der Waals surface area contributed by atoms with Crippen LogP contribution in [0, 0.1) is 0 Å². The molecule has 178 valence electrons. The summed E-state index contributed by atoms with van der Waals surface area (Å²) >= 11 is 0. The number of nitrogens with zero attached hydrogens (tertiary/aromatic N) is 4. The van der Waals surface area contributed by atoms with Crippen LogP contribution in [0.1, 0.15) is 21.5 Å². The van der Waals surface area contributed by atoms with Crippen LogP contribution in [-0.2, 0) is 12.7 Å². The maximum atomic E-state index is 12.9. The van der Waals surface area contributed by atoms with E-state index in [1.807, 2.05) is 4.90 Å². The van der Waals surface area contributed by atoms with E-state index >= 15 is 0 Å². The standard InChI is InChI=1S/C21H19F3N6O4/c22-21(23,24)14-3-1-2-12(8-14)9-25-15-16(18(32)17(15)31)29-4-6-30(7-5-29)20-26-10-13(11-27-20)19(33)28-34/h1-3,8,10-11,25,34H,4-7,9H2,(H,28,33). The quantitative estimate of drug-likeness (QED) is 0.273. The minimum atomic E-state index is -4.47. The van der Waals surface area contributed by atoms with E-state index in [0.29, 0.717) is 37.7 Å². The van der Waals surface area contributed by atoms with Gasteiger partial charge in [0.1, 0.15) is 11.4 Å². The molecular formula is C21H19F3N6O4. The number of rotatable bonds is 6. The third kappa shape index (κ3) is 4.55. The summed E-state index contributed by atoms with van der Waals surface area (Å²) in [6.07, 6.45) is -1.93. The monoisotopic (exact) mass is 476 g/mol. The van der Waals surface area contributed by atoms with Crippen LogP contribution in [0.2, 0.25) is 0 Å². The molecule has 0 saturated carbocycles. The van der Waals surface area contributed by atoms with E-state index < -0.39 is 28.5 Å². The van der Waals surface area contributed by atoms with Gasteiger partial charge in [-0.2, -0.15) is 13.2 Å². The van der Waals surface area contributed by atoms with Gasteiger partial charge in [-0.1, -0.05) is 12.1 Å². The Labute approximate surface area is 190 Å². The number of halogens is 3. The normalized spacial score (nSPS) is 14.4. The molecule has 0 bridgehead atoms. The highest BCUT2D eigenvalue weighted by Crippen LogP contribution is 2.30. The molecule has 3 aromatic rings. The number of hydrogen-bond donors (Lipinski definition) is 3. The van der Waals surface area contributed by atoms with Crippen LogP contribution < -0.4 is 31.5 Å². The lowest BCUT2D eigenvalue weighted by Crippen LogP contribution is -2.52. The third-order valence-electron chi connectivity index (χ3n) is 5.49. The van der Waals surface area contributed by atoms with Crippen LogP contribution in [0.4, 0.5) is 30.5 Å². The first-order chi connectivity index (χ1) is 16.2. The minimum absolute atomic E-state index is 0.0383. The Hall–Kier alpha value is -4.00. The van der Waals surface area contributed by atoms with Gasteiger partial charge in [0.2, 0.25) is 5.95 Å². The van der Waals surface area contributed by atoms with E-state index in [1.165, 1.54) is 30.0 Å². The van der Waals surface area contributed by atoms with Crippen LogP contribution in [0.15, 0.2) is 46.2 Å². The molecule has 0 spiro atoms. The van der Waals surface area contributed by atoms with Gasteiger partial charge in [0.15, 0.2) is 0 Å². The zero-order valence-corrected chi connectivity index (χ0v) is 17.6. The molecule has 2 aromatic carbocycles. The molecule has 1 saturated heterocycles. The number of anilines is 3. The van der Waals surface area contributed by atoms with Gasteiger partial charge in [-0.15, -0.1) is 0 Å². The molecule has 4 rings (SSSR count). The smallest absolute Gasteiger partial charge is 0.376 e. The van der Waals surface area contributed by atoms with Gasteiger partial charge >= 0.3 is 6.18 Å². The summed E-state index contributed by atoms with van der Waals surface area (Å²) in [6.45, 7) is 1.58. The first-order valence-electron chi connectivity index (χ1n) is 10.2. The van der Waals surface area contributed by atoms with E-state index in [9.17, 15) is 27.6 Å². The summed E-state index contributed by atoms with van der Waals surface area (Å²) in [5, 5.41) is 11.5. The molecule has 1 fully saturated rings. The SMILES string of the molecule is O=C(NO)c1cnc(N2CCN(c3c(NCc4cccc(C(F)(F)F)c4)c(=O)c3=O)CC2)nc1. The fourth-order valence-electron chi connectivity index (χ4n) is 3.69. The Bertz CT molecular complexity index is 1260. The Kier molecular flexibility index (Phi) is 6.20. The van der Waals surface area contributed by atoms with E-state index in [2.05, 4.69) is 15.3 Å². The summed E-state index contributed by atoms with van der Waals surface area (Å²) in [5.41, 5.74) is 0.0766. The van der Waals surface area contributed by atoms with Crippen LogP contribution in [-0.4, -0.2) is 47.3 Å². The summed E-state index contributed by atoms with van der Waals surface area (Å²) < 4.78 is 38.7. The van der Waals surface area contributed by atoms with Crippen molar-refractivity contribution in [2.24, 2.45) is 0 Å². The largest absolute Gasteiger partial charge is 0.416 e. The van der Waals surface area contributed by atoms with Crippen molar-refractivity contribution in [3.63, 3.8) is 0 Å². The van der Waals surface area contributed by atoms with E-state index in [-0.39, 0.29) is 23.5 Å². The number of nitrogens with one attached hydrogen (secondary N) is 2. The van der Waals surface area contributed by atoms with Gasteiger partial charge in [-0.05, 0) is 17.7 Å². The highest BCUT2D eigenvalue weighted by atomic mass is 19.4. The highest BCUT2D eigenvalue weighted by molar-refractivity contribution is 5.92. The average Bonchev–Trinajstić information content (AvgIpc) is 2.85. The molecule has 0 unspecified atom stereocenters. The molecule has 0 aliphatic carbocycles.